The molecule has 3 atom stereocenters. The monoisotopic (exact) mass is 290 g/mol. The summed E-state index contributed by atoms with van der Waals surface area (Å²) in [6.45, 7) is 2.18. The predicted octanol–water partition coefficient (Wildman–Crippen LogP) is 2.27. The highest BCUT2D eigenvalue weighted by atomic mass is 16.5. The molecule has 116 valence electrons. The number of benzene rings is 1. The number of aliphatic hydroxyl groups excluding tert-OH is 1. The molecule has 3 rings (SSSR count). The Morgan fingerprint density at radius 1 is 1.29 bits per heavy atom. The first-order valence-corrected chi connectivity index (χ1v) is 8.13. The normalized spacial score (nSPS) is 27.3. The second-order valence-electron chi connectivity index (χ2n) is 6.43. The Kier molecular flexibility index (Phi) is 4.66. The molecule has 21 heavy (non-hydrogen) atoms. The Bertz CT molecular complexity index is 466. The predicted molar refractivity (Wildman–Crippen MR) is 84.3 cm³/mol. The Labute approximate surface area is 126 Å². The third kappa shape index (κ3) is 3.69. The summed E-state index contributed by atoms with van der Waals surface area (Å²) in [5, 5.41) is 10.3. The summed E-state index contributed by atoms with van der Waals surface area (Å²) in [7, 11) is 0. The van der Waals surface area contributed by atoms with E-state index in [2.05, 4.69) is 4.90 Å². The minimum Gasteiger partial charge on any atom is -0.491 e. The zero-order valence-electron chi connectivity index (χ0n) is 12.6. The number of fused-ring (bicyclic) bond motifs is 1. The van der Waals surface area contributed by atoms with Crippen molar-refractivity contribution in [2.24, 2.45) is 5.92 Å². The number of piperidine rings is 1. The van der Waals surface area contributed by atoms with Gasteiger partial charge in [0, 0.05) is 24.3 Å². The van der Waals surface area contributed by atoms with E-state index in [1.807, 2.05) is 18.2 Å². The molecule has 1 aliphatic carbocycles. The highest BCUT2D eigenvalue weighted by Crippen LogP contribution is 2.36. The second kappa shape index (κ2) is 6.67. The van der Waals surface area contributed by atoms with E-state index in [9.17, 15) is 5.11 Å². The van der Waals surface area contributed by atoms with Crippen molar-refractivity contribution in [3.63, 3.8) is 0 Å². The van der Waals surface area contributed by atoms with E-state index >= 15 is 0 Å². The van der Waals surface area contributed by atoms with Gasteiger partial charge in [-0.25, -0.2) is 0 Å². The van der Waals surface area contributed by atoms with Crippen LogP contribution in [-0.4, -0.2) is 41.8 Å². The first-order valence-electron chi connectivity index (χ1n) is 8.13. The van der Waals surface area contributed by atoms with Crippen molar-refractivity contribution in [3.05, 3.63) is 24.3 Å². The van der Waals surface area contributed by atoms with Crippen LogP contribution in [0.2, 0.25) is 0 Å². The van der Waals surface area contributed by atoms with Crippen LogP contribution in [-0.2, 0) is 0 Å². The Morgan fingerprint density at radius 3 is 3.00 bits per heavy atom. The van der Waals surface area contributed by atoms with Gasteiger partial charge in [-0.15, -0.1) is 0 Å². The molecule has 1 aromatic carbocycles. The topological polar surface area (TPSA) is 58.7 Å². The lowest BCUT2D eigenvalue weighted by Gasteiger charge is -2.38. The van der Waals surface area contributed by atoms with Gasteiger partial charge in [-0.05, 0) is 50.3 Å². The molecule has 1 aromatic rings. The van der Waals surface area contributed by atoms with E-state index in [1.165, 1.54) is 32.1 Å². The first-order chi connectivity index (χ1) is 10.2. The SMILES string of the molecule is Nc1cccc(OCC(O)CN2CCCC3CCCC32)c1. The van der Waals surface area contributed by atoms with Crippen LogP contribution in [0.4, 0.5) is 5.69 Å². The fraction of sp³-hybridized carbons (Fsp3) is 0.647. The van der Waals surface area contributed by atoms with Gasteiger partial charge < -0.3 is 15.6 Å². The molecule has 1 saturated heterocycles. The van der Waals surface area contributed by atoms with E-state index in [0.29, 0.717) is 18.3 Å². The Balaban J connectivity index is 1.48. The minimum atomic E-state index is -0.439. The fourth-order valence-corrected chi connectivity index (χ4v) is 3.90. The molecular weight excluding hydrogens is 264 g/mol. The fourth-order valence-electron chi connectivity index (χ4n) is 3.90. The Morgan fingerprint density at radius 2 is 2.14 bits per heavy atom. The van der Waals surface area contributed by atoms with Gasteiger partial charge in [0.05, 0.1) is 0 Å². The van der Waals surface area contributed by atoms with Crippen LogP contribution in [0.3, 0.4) is 0 Å². The summed E-state index contributed by atoms with van der Waals surface area (Å²) in [5.74, 6) is 1.59. The van der Waals surface area contributed by atoms with E-state index in [0.717, 1.165) is 24.8 Å². The molecule has 0 amide bonds. The van der Waals surface area contributed by atoms with E-state index in [4.69, 9.17) is 10.5 Å². The number of aliphatic hydroxyl groups is 1. The molecule has 0 aromatic heterocycles. The van der Waals surface area contributed by atoms with Crippen LogP contribution in [0.15, 0.2) is 24.3 Å². The van der Waals surface area contributed by atoms with E-state index < -0.39 is 6.10 Å². The van der Waals surface area contributed by atoms with Crippen molar-refractivity contribution in [1.29, 1.82) is 0 Å². The molecule has 1 saturated carbocycles. The maximum Gasteiger partial charge on any atom is 0.121 e. The van der Waals surface area contributed by atoms with Gasteiger partial charge in [-0.2, -0.15) is 0 Å². The van der Waals surface area contributed by atoms with Crippen LogP contribution in [0.5, 0.6) is 5.75 Å². The number of nitrogens with two attached hydrogens (primary N) is 1. The Hall–Kier alpha value is -1.26. The summed E-state index contributed by atoms with van der Waals surface area (Å²) in [6, 6.07) is 8.06. The third-order valence-electron chi connectivity index (χ3n) is 4.85. The van der Waals surface area contributed by atoms with Gasteiger partial charge in [-0.3, -0.25) is 4.90 Å². The molecular formula is C17H26N2O2. The number of nitrogens with zero attached hydrogens (tertiary/aromatic N) is 1. The molecule has 1 heterocycles. The van der Waals surface area contributed by atoms with Crippen LogP contribution >= 0.6 is 0 Å². The molecule has 4 heteroatoms. The van der Waals surface area contributed by atoms with Crippen LogP contribution in [0, 0.1) is 5.92 Å². The highest BCUT2D eigenvalue weighted by Gasteiger charge is 2.35. The highest BCUT2D eigenvalue weighted by molar-refractivity contribution is 5.43. The molecule has 0 spiro atoms. The number of β-amino-alcohol motifs (C(OH)–C–C–N with tert-alkyl or cyclic N) is 1. The van der Waals surface area contributed by atoms with Crippen molar-refractivity contribution in [2.45, 2.75) is 44.2 Å². The van der Waals surface area contributed by atoms with Crippen molar-refractivity contribution >= 4 is 5.69 Å². The number of nitrogen functional groups attached to an aromatic ring is 1. The molecule has 3 unspecified atom stereocenters. The van der Waals surface area contributed by atoms with Crippen molar-refractivity contribution < 1.29 is 9.84 Å². The lowest BCUT2D eigenvalue weighted by molar-refractivity contribution is 0.0287. The van der Waals surface area contributed by atoms with E-state index in [-0.39, 0.29) is 0 Å². The standard InChI is InChI=1S/C17H26N2O2/c18-14-6-2-7-16(10-14)21-12-15(20)11-19-9-3-5-13-4-1-8-17(13)19/h2,6-7,10,13,15,17,20H,1,3-5,8-9,11-12,18H2. The number of hydrogen-bond acceptors (Lipinski definition) is 4. The van der Waals surface area contributed by atoms with Crippen molar-refractivity contribution in [3.8, 4) is 5.75 Å². The van der Waals surface area contributed by atoms with Crippen LogP contribution in [0.1, 0.15) is 32.1 Å². The van der Waals surface area contributed by atoms with Crippen molar-refractivity contribution in [2.75, 3.05) is 25.4 Å². The van der Waals surface area contributed by atoms with Crippen LogP contribution in [0.25, 0.3) is 0 Å². The lowest BCUT2D eigenvalue weighted by atomic mass is 9.92. The summed E-state index contributed by atoms with van der Waals surface area (Å²) in [5.41, 5.74) is 6.41. The molecule has 2 fully saturated rings. The molecule has 4 nitrogen and oxygen atoms in total. The molecule has 0 bridgehead atoms. The third-order valence-corrected chi connectivity index (χ3v) is 4.85. The van der Waals surface area contributed by atoms with Gasteiger partial charge in [0.1, 0.15) is 18.5 Å². The summed E-state index contributed by atoms with van der Waals surface area (Å²) in [4.78, 5) is 2.48. The zero-order chi connectivity index (χ0) is 14.7. The number of likely N-dealkylation sites (tertiary alicyclic amines) is 1. The average Bonchev–Trinajstić information content (AvgIpc) is 2.95. The molecule has 2 aliphatic rings. The maximum absolute atomic E-state index is 10.3. The van der Waals surface area contributed by atoms with Gasteiger partial charge in [0.2, 0.25) is 0 Å². The smallest absolute Gasteiger partial charge is 0.121 e. The number of rotatable bonds is 5. The number of ether oxygens (including phenoxy) is 1. The van der Waals surface area contributed by atoms with Crippen molar-refractivity contribution in [1.82, 2.24) is 4.90 Å². The zero-order valence-corrected chi connectivity index (χ0v) is 12.6. The van der Waals surface area contributed by atoms with Gasteiger partial charge in [-0.1, -0.05) is 12.5 Å². The number of anilines is 1. The largest absolute Gasteiger partial charge is 0.491 e. The van der Waals surface area contributed by atoms with Gasteiger partial charge in [0.25, 0.3) is 0 Å². The average molecular weight is 290 g/mol. The molecule has 0 radical (unpaired) electrons. The lowest BCUT2D eigenvalue weighted by Crippen LogP contribution is -2.47. The molecule has 3 N–H and O–H groups in total. The first kappa shape index (κ1) is 14.7. The summed E-state index contributed by atoms with van der Waals surface area (Å²) < 4.78 is 5.64. The van der Waals surface area contributed by atoms with Crippen LogP contribution < -0.4 is 10.5 Å². The van der Waals surface area contributed by atoms with Gasteiger partial charge >= 0.3 is 0 Å². The minimum absolute atomic E-state index is 0.331. The maximum atomic E-state index is 10.3. The molecule has 1 aliphatic heterocycles. The summed E-state index contributed by atoms with van der Waals surface area (Å²) in [6.07, 6.45) is 6.22. The van der Waals surface area contributed by atoms with Gasteiger partial charge in [0.15, 0.2) is 0 Å². The van der Waals surface area contributed by atoms with E-state index in [1.54, 1.807) is 6.07 Å². The second-order valence-corrected chi connectivity index (χ2v) is 6.43. The summed E-state index contributed by atoms with van der Waals surface area (Å²) >= 11 is 0. The number of hydrogen-bond donors (Lipinski definition) is 2. The quantitative estimate of drug-likeness (QED) is 0.817.